The number of nitrogens with one attached hydrogen (secondary N) is 2. The molecule has 3 heterocycles. The molecule has 0 saturated carbocycles. The third-order valence-corrected chi connectivity index (χ3v) is 5.65. The molecule has 0 spiro atoms. The number of amides is 2. The molecule has 0 saturated heterocycles. The van der Waals surface area contributed by atoms with Crippen LogP contribution in [0, 0.1) is 0 Å². The molecule has 0 aliphatic carbocycles. The molecule has 1 aliphatic heterocycles. The van der Waals surface area contributed by atoms with Crippen molar-refractivity contribution in [2.24, 2.45) is 14.1 Å². The average Bonchev–Trinajstić information content (AvgIpc) is 3.20. The summed E-state index contributed by atoms with van der Waals surface area (Å²) in [6.45, 7) is 1.75. The van der Waals surface area contributed by atoms with E-state index in [0.29, 0.717) is 10.6 Å². The number of fused-ring (bicyclic) bond motifs is 1. The van der Waals surface area contributed by atoms with Crippen molar-refractivity contribution in [3.63, 3.8) is 0 Å². The molecule has 1 aliphatic rings. The van der Waals surface area contributed by atoms with E-state index < -0.39 is 29.3 Å². The first kappa shape index (κ1) is 22.3. The zero-order valence-electron chi connectivity index (χ0n) is 18.1. The van der Waals surface area contributed by atoms with Crippen LogP contribution in [0.5, 0.6) is 0 Å². The fraction of sp³-hybridized carbons (Fsp3) is 0.286. The van der Waals surface area contributed by atoms with Crippen LogP contribution in [0.25, 0.3) is 11.2 Å². The normalized spacial score (nSPS) is 16.0. The second-order valence-corrected chi connectivity index (χ2v) is 7.88. The minimum atomic E-state index is -0.799. The highest BCUT2D eigenvalue weighted by molar-refractivity contribution is 6.30. The zero-order chi connectivity index (χ0) is 23.9. The van der Waals surface area contributed by atoms with Crippen LogP contribution in [0.15, 0.2) is 51.5 Å². The number of imidazole rings is 1. The minimum Gasteiger partial charge on any atom is -0.463 e. The van der Waals surface area contributed by atoms with Gasteiger partial charge in [0.1, 0.15) is 0 Å². The summed E-state index contributed by atoms with van der Waals surface area (Å²) >= 11 is 5.99. The zero-order valence-corrected chi connectivity index (χ0v) is 18.8. The Morgan fingerprint density at radius 2 is 1.85 bits per heavy atom. The fourth-order valence-electron chi connectivity index (χ4n) is 3.78. The second kappa shape index (κ2) is 8.58. The van der Waals surface area contributed by atoms with Gasteiger partial charge in [0.15, 0.2) is 11.2 Å². The average molecular weight is 473 g/mol. The van der Waals surface area contributed by atoms with E-state index in [4.69, 9.17) is 16.3 Å². The SMILES string of the molecule is CCOC(=O)C1=C(Cn2cnc3c2c(=O)n(C)c(=O)n3C)NC(=O)NC1c1ccc(Cl)cc1. The van der Waals surface area contributed by atoms with Gasteiger partial charge in [-0.15, -0.1) is 0 Å². The molecule has 172 valence electrons. The van der Waals surface area contributed by atoms with Crippen molar-refractivity contribution in [2.45, 2.75) is 19.5 Å². The third kappa shape index (κ3) is 3.91. The Hall–Kier alpha value is -3.86. The number of urea groups is 1. The summed E-state index contributed by atoms with van der Waals surface area (Å²) in [5, 5.41) is 5.90. The largest absolute Gasteiger partial charge is 0.463 e. The maximum atomic E-state index is 12.9. The first-order valence-electron chi connectivity index (χ1n) is 10.1. The van der Waals surface area contributed by atoms with E-state index in [1.165, 1.54) is 29.6 Å². The molecule has 1 aromatic carbocycles. The van der Waals surface area contributed by atoms with Crippen molar-refractivity contribution in [3.8, 4) is 0 Å². The Morgan fingerprint density at radius 3 is 2.52 bits per heavy atom. The first-order valence-corrected chi connectivity index (χ1v) is 10.4. The van der Waals surface area contributed by atoms with Gasteiger partial charge >= 0.3 is 17.7 Å². The van der Waals surface area contributed by atoms with Crippen LogP contribution < -0.4 is 21.9 Å². The number of aryl methyl sites for hydroxylation is 1. The van der Waals surface area contributed by atoms with Gasteiger partial charge in [-0.3, -0.25) is 13.9 Å². The number of ether oxygens (including phenoxy) is 1. The minimum absolute atomic E-state index is 0.0599. The van der Waals surface area contributed by atoms with Crippen molar-refractivity contribution in [2.75, 3.05) is 6.61 Å². The number of carbonyl (C=O) groups excluding carboxylic acids is 2. The number of hydrogen-bond acceptors (Lipinski definition) is 6. The van der Waals surface area contributed by atoms with Gasteiger partial charge in [0.25, 0.3) is 5.56 Å². The molecule has 0 fully saturated rings. The summed E-state index contributed by atoms with van der Waals surface area (Å²) in [4.78, 5) is 54.6. The highest BCUT2D eigenvalue weighted by Crippen LogP contribution is 2.29. The van der Waals surface area contributed by atoms with E-state index in [1.54, 1.807) is 31.2 Å². The summed E-state index contributed by atoms with van der Waals surface area (Å²) < 4.78 is 8.96. The van der Waals surface area contributed by atoms with E-state index in [-0.39, 0.29) is 35.6 Å². The van der Waals surface area contributed by atoms with Crippen LogP contribution in [0.4, 0.5) is 4.79 Å². The predicted molar refractivity (Wildman–Crippen MR) is 120 cm³/mol. The van der Waals surface area contributed by atoms with Gasteiger partial charge in [0.05, 0.1) is 36.8 Å². The van der Waals surface area contributed by atoms with Gasteiger partial charge in [0, 0.05) is 19.1 Å². The third-order valence-electron chi connectivity index (χ3n) is 5.40. The van der Waals surface area contributed by atoms with Gasteiger partial charge in [0.2, 0.25) is 0 Å². The molecule has 3 aromatic rings. The van der Waals surface area contributed by atoms with Gasteiger partial charge in [-0.2, -0.15) is 0 Å². The topological polar surface area (TPSA) is 129 Å². The van der Waals surface area contributed by atoms with E-state index in [9.17, 15) is 19.2 Å². The van der Waals surface area contributed by atoms with Gasteiger partial charge in [-0.25, -0.2) is 19.4 Å². The summed E-state index contributed by atoms with van der Waals surface area (Å²) in [5.41, 5.74) is 0.348. The summed E-state index contributed by atoms with van der Waals surface area (Å²) in [6, 6.07) is 5.39. The summed E-state index contributed by atoms with van der Waals surface area (Å²) in [6.07, 6.45) is 1.38. The summed E-state index contributed by atoms with van der Waals surface area (Å²) in [5.74, 6) is -0.621. The molecule has 2 amide bonds. The predicted octanol–water partition coefficient (Wildman–Crippen LogP) is 0.958. The summed E-state index contributed by atoms with van der Waals surface area (Å²) in [7, 11) is 2.88. The van der Waals surface area contributed by atoms with Gasteiger partial charge in [-0.05, 0) is 24.6 Å². The number of carbonyl (C=O) groups is 2. The van der Waals surface area contributed by atoms with Crippen LogP contribution in [-0.4, -0.2) is 37.3 Å². The number of benzene rings is 1. The molecule has 2 N–H and O–H groups in total. The Morgan fingerprint density at radius 1 is 1.15 bits per heavy atom. The number of esters is 1. The maximum absolute atomic E-state index is 12.9. The van der Waals surface area contributed by atoms with Crippen LogP contribution in [0.1, 0.15) is 18.5 Å². The lowest BCUT2D eigenvalue weighted by molar-refractivity contribution is -0.139. The molecule has 2 aromatic heterocycles. The standard InChI is InChI=1S/C21H21ClN6O5/c1-4-33-19(30)14-13(24-20(31)25-15(14)11-5-7-12(22)8-6-11)9-28-10-23-17-16(28)18(29)27(3)21(32)26(17)2/h5-8,10,15H,4,9H2,1-3H3,(H2,24,25,31). The number of allylic oxidation sites excluding steroid dienone is 1. The van der Waals surface area contributed by atoms with E-state index in [0.717, 1.165) is 4.57 Å². The quantitative estimate of drug-likeness (QED) is 0.532. The molecule has 1 atom stereocenters. The highest BCUT2D eigenvalue weighted by Gasteiger charge is 2.34. The Bertz CT molecular complexity index is 1420. The molecule has 1 unspecified atom stereocenters. The maximum Gasteiger partial charge on any atom is 0.338 e. The number of rotatable bonds is 5. The molecule has 11 nitrogen and oxygen atoms in total. The smallest absolute Gasteiger partial charge is 0.338 e. The second-order valence-electron chi connectivity index (χ2n) is 7.45. The molecule has 33 heavy (non-hydrogen) atoms. The molecular weight excluding hydrogens is 452 g/mol. The molecule has 0 bridgehead atoms. The lowest BCUT2D eigenvalue weighted by atomic mass is 9.95. The van der Waals surface area contributed by atoms with Gasteiger partial charge < -0.3 is 19.9 Å². The number of halogens is 1. The van der Waals surface area contributed by atoms with Crippen molar-refractivity contribution in [1.29, 1.82) is 0 Å². The fourth-order valence-corrected chi connectivity index (χ4v) is 3.91. The van der Waals surface area contributed by atoms with E-state index >= 15 is 0 Å². The van der Waals surface area contributed by atoms with E-state index in [1.807, 2.05) is 0 Å². The van der Waals surface area contributed by atoms with Gasteiger partial charge in [-0.1, -0.05) is 23.7 Å². The Kier molecular flexibility index (Phi) is 5.81. The lowest BCUT2D eigenvalue weighted by Crippen LogP contribution is -2.47. The van der Waals surface area contributed by atoms with Crippen LogP contribution >= 0.6 is 11.6 Å². The lowest BCUT2D eigenvalue weighted by Gasteiger charge is -2.29. The van der Waals surface area contributed by atoms with Crippen molar-refractivity contribution in [1.82, 2.24) is 29.3 Å². The Labute approximate surface area is 192 Å². The molecule has 4 rings (SSSR count). The molecular formula is C21H21ClN6O5. The van der Waals surface area contributed by atoms with Crippen LogP contribution in [0.2, 0.25) is 5.02 Å². The molecule has 12 heteroatoms. The first-order chi connectivity index (χ1) is 15.7. The van der Waals surface area contributed by atoms with Crippen molar-refractivity contribution in [3.05, 3.63) is 73.3 Å². The number of hydrogen-bond donors (Lipinski definition) is 2. The van der Waals surface area contributed by atoms with E-state index in [2.05, 4.69) is 15.6 Å². The Balaban J connectivity index is 1.89. The van der Waals surface area contributed by atoms with Crippen molar-refractivity contribution >= 4 is 34.8 Å². The highest BCUT2D eigenvalue weighted by atomic mass is 35.5. The van der Waals surface area contributed by atoms with Crippen LogP contribution in [0.3, 0.4) is 0 Å². The number of nitrogens with zero attached hydrogens (tertiary/aromatic N) is 4. The molecule has 0 radical (unpaired) electrons. The monoisotopic (exact) mass is 472 g/mol. The van der Waals surface area contributed by atoms with Crippen LogP contribution in [-0.2, 0) is 30.2 Å². The van der Waals surface area contributed by atoms with Crippen molar-refractivity contribution < 1.29 is 14.3 Å². The number of aromatic nitrogens is 4.